The number of hydrogen-bond acceptors (Lipinski definition) is 4. The molecule has 5 heteroatoms. The average Bonchev–Trinajstić information content (AvgIpc) is 2.36. The Balaban J connectivity index is 3.32. The molecule has 17 heavy (non-hydrogen) atoms. The molecule has 1 rings (SSSR count). The smallest absolute Gasteiger partial charge is 0.309 e. The van der Waals surface area contributed by atoms with Crippen LogP contribution in [0.4, 0.5) is 0 Å². The van der Waals surface area contributed by atoms with Crippen molar-refractivity contribution in [3.63, 3.8) is 0 Å². The molecule has 0 heterocycles. The van der Waals surface area contributed by atoms with Gasteiger partial charge in [0.15, 0.2) is 0 Å². The fourth-order valence-corrected chi connectivity index (χ4v) is 3.69. The van der Waals surface area contributed by atoms with Crippen LogP contribution < -0.4 is 0 Å². The molecule has 96 valence electrons. The third kappa shape index (κ3) is 2.76. The second-order valence-corrected chi connectivity index (χ2v) is 6.41. The molecular formula is C12H19O4P. The fourth-order valence-electron chi connectivity index (χ4n) is 2.09. The van der Waals surface area contributed by atoms with Gasteiger partial charge in [0.2, 0.25) is 0 Å². The van der Waals surface area contributed by atoms with Crippen molar-refractivity contribution in [1.29, 1.82) is 0 Å². The summed E-state index contributed by atoms with van der Waals surface area (Å²) in [7, 11) is -0.554. The van der Waals surface area contributed by atoms with Gasteiger partial charge in [-0.15, -0.1) is 0 Å². The number of carbonyl (C=O) groups excluding carboxylic acids is 1. The van der Waals surface area contributed by atoms with Gasteiger partial charge >= 0.3 is 7.60 Å². The van der Waals surface area contributed by atoms with Gasteiger partial charge in [-0.05, 0) is 29.9 Å². The highest BCUT2D eigenvalue weighted by Gasteiger charge is 2.34. The lowest BCUT2D eigenvalue weighted by Crippen LogP contribution is -2.10. The highest BCUT2D eigenvalue weighted by molar-refractivity contribution is 7.58. The molecule has 0 aromatic rings. The molecule has 0 bridgehead atoms. The largest absolute Gasteiger partial charge is 0.360 e. The summed E-state index contributed by atoms with van der Waals surface area (Å²) in [4.78, 5) is 11.1. The van der Waals surface area contributed by atoms with Gasteiger partial charge in [0, 0.05) is 14.2 Å². The Hall–Kier alpha value is -0.700. The van der Waals surface area contributed by atoms with E-state index in [1.165, 1.54) is 14.2 Å². The van der Waals surface area contributed by atoms with E-state index in [1.807, 2.05) is 19.9 Å². The van der Waals surface area contributed by atoms with Crippen LogP contribution in [-0.2, 0) is 18.4 Å². The summed E-state index contributed by atoms with van der Waals surface area (Å²) in [5, 5.41) is 0.547. The van der Waals surface area contributed by atoms with Crippen LogP contribution in [0.3, 0.4) is 0 Å². The molecule has 0 fully saturated rings. The van der Waals surface area contributed by atoms with Crippen molar-refractivity contribution < 1.29 is 18.4 Å². The van der Waals surface area contributed by atoms with Crippen molar-refractivity contribution in [3.05, 3.63) is 22.5 Å². The molecule has 0 amide bonds. The molecule has 0 spiro atoms. The standard InChI is InChI=1S/C12H19O4P/c1-9(2)12-10(8-13)6-5-7-11(12)17(14,15-3)16-4/h7-9H,5-6H2,1-4H3. The first-order valence-electron chi connectivity index (χ1n) is 5.61. The van der Waals surface area contributed by atoms with Gasteiger partial charge in [0.05, 0.1) is 5.31 Å². The molecule has 0 atom stereocenters. The third-order valence-electron chi connectivity index (χ3n) is 2.87. The number of rotatable bonds is 5. The van der Waals surface area contributed by atoms with E-state index in [0.29, 0.717) is 23.7 Å². The van der Waals surface area contributed by atoms with E-state index in [-0.39, 0.29) is 5.92 Å². The lowest BCUT2D eigenvalue weighted by Gasteiger charge is -2.26. The highest BCUT2D eigenvalue weighted by Crippen LogP contribution is 2.60. The highest BCUT2D eigenvalue weighted by atomic mass is 31.2. The molecule has 0 aromatic heterocycles. The van der Waals surface area contributed by atoms with Gasteiger partial charge in [-0.25, -0.2) is 0 Å². The maximum absolute atomic E-state index is 12.4. The molecule has 1 aliphatic carbocycles. The Bertz CT molecular complexity index is 399. The minimum absolute atomic E-state index is 0.111. The Kier molecular flexibility index (Phi) is 4.87. The molecular weight excluding hydrogens is 239 g/mol. The van der Waals surface area contributed by atoms with Gasteiger partial charge in [-0.2, -0.15) is 0 Å². The van der Waals surface area contributed by atoms with Crippen LogP contribution in [0.15, 0.2) is 22.5 Å². The zero-order valence-electron chi connectivity index (χ0n) is 10.7. The second kappa shape index (κ2) is 5.76. The van der Waals surface area contributed by atoms with Gasteiger partial charge in [0.25, 0.3) is 0 Å². The van der Waals surface area contributed by atoms with E-state index in [2.05, 4.69) is 0 Å². The summed E-state index contributed by atoms with van der Waals surface area (Å²) in [5.41, 5.74) is 1.50. The van der Waals surface area contributed by atoms with Crippen LogP contribution in [-0.4, -0.2) is 20.5 Å². The van der Waals surface area contributed by atoms with Crippen LogP contribution >= 0.6 is 7.60 Å². The Morgan fingerprint density at radius 1 is 1.35 bits per heavy atom. The predicted octanol–water partition coefficient (Wildman–Crippen LogP) is 3.30. The van der Waals surface area contributed by atoms with Crippen LogP contribution in [0.2, 0.25) is 0 Å². The molecule has 0 saturated carbocycles. The van der Waals surface area contributed by atoms with Crippen molar-refractivity contribution in [1.82, 2.24) is 0 Å². The van der Waals surface area contributed by atoms with E-state index < -0.39 is 7.60 Å². The minimum Gasteiger partial charge on any atom is -0.309 e. The van der Waals surface area contributed by atoms with Crippen molar-refractivity contribution in [2.75, 3.05) is 14.2 Å². The van der Waals surface area contributed by atoms with E-state index in [9.17, 15) is 9.36 Å². The second-order valence-electron chi connectivity index (χ2n) is 4.20. The SMILES string of the molecule is COP(=O)(OC)C1=CCCC(C=O)=C1C(C)C. The number of hydrogen-bond donors (Lipinski definition) is 0. The Morgan fingerprint density at radius 2 is 1.94 bits per heavy atom. The molecule has 0 N–H and O–H groups in total. The number of aldehydes is 1. The van der Waals surface area contributed by atoms with Crippen molar-refractivity contribution in [2.45, 2.75) is 26.7 Å². The first-order chi connectivity index (χ1) is 8.00. The summed E-state index contributed by atoms with van der Waals surface area (Å²) in [6, 6.07) is 0. The molecule has 0 aromatic carbocycles. The minimum atomic E-state index is -3.27. The number of allylic oxidation sites excluding steroid dienone is 4. The van der Waals surface area contributed by atoms with Crippen LogP contribution in [0.1, 0.15) is 26.7 Å². The molecule has 1 aliphatic rings. The summed E-state index contributed by atoms with van der Waals surface area (Å²) in [6.07, 6.45) is 4.08. The Morgan fingerprint density at radius 3 is 2.35 bits per heavy atom. The third-order valence-corrected chi connectivity index (χ3v) is 4.84. The zero-order chi connectivity index (χ0) is 13.1. The molecule has 0 saturated heterocycles. The zero-order valence-corrected chi connectivity index (χ0v) is 11.6. The van der Waals surface area contributed by atoms with Crippen molar-refractivity contribution in [3.8, 4) is 0 Å². The summed E-state index contributed by atoms with van der Waals surface area (Å²) >= 11 is 0. The van der Waals surface area contributed by atoms with Gasteiger partial charge in [-0.3, -0.25) is 9.36 Å². The molecule has 0 radical (unpaired) electrons. The van der Waals surface area contributed by atoms with Crippen LogP contribution in [0.5, 0.6) is 0 Å². The lowest BCUT2D eigenvalue weighted by atomic mass is 9.91. The maximum Gasteiger partial charge on any atom is 0.360 e. The average molecular weight is 258 g/mol. The molecule has 4 nitrogen and oxygen atoms in total. The Labute approximate surface area is 102 Å². The van der Waals surface area contributed by atoms with Crippen LogP contribution in [0.25, 0.3) is 0 Å². The molecule has 0 aliphatic heterocycles. The maximum atomic E-state index is 12.4. The predicted molar refractivity (Wildman–Crippen MR) is 66.9 cm³/mol. The topological polar surface area (TPSA) is 52.6 Å². The van der Waals surface area contributed by atoms with E-state index in [1.54, 1.807) is 0 Å². The summed E-state index contributed by atoms with van der Waals surface area (Å²) in [6.45, 7) is 3.93. The van der Waals surface area contributed by atoms with E-state index in [4.69, 9.17) is 9.05 Å². The first-order valence-corrected chi connectivity index (χ1v) is 7.15. The normalized spacial score (nSPS) is 17.4. The van der Waals surface area contributed by atoms with Gasteiger partial charge < -0.3 is 9.05 Å². The van der Waals surface area contributed by atoms with Gasteiger partial charge in [0.1, 0.15) is 6.29 Å². The monoisotopic (exact) mass is 258 g/mol. The van der Waals surface area contributed by atoms with Crippen molar-refractivity contribution >= 4 is 13.9 Å². The van der Waals surface area contributed by atoms with E-state index >= 15 is 0 Å². The quantitative estimate of drug-likeness (QED) is 0.560. The van der Waals surface area contributed by atoms with Gasteiger partial charge in [-0.1, -0.05) is 19.9 Å². The van der Waals surface area contributed by atoms with E-state index in [0.717, 1.165) is 11.9 Å². The molecule has 0 unspecified atom stereocenters. The fraction of sp³-hybridized carbons (Fsp3) is 0.583. The van der Waals surface area contributed by atoms with Crippen LogP contribution in [0, 0.1) is 5.92 Å². The first kappa shape index (κ1) is 14.4. The number of carbonyl (C=O) groups is 1. The van der Waals surface area contributed by atoms with Crippen molar-refractivity contribution in [2.24, 2.45) is 5.92 Å². The summed E-state index contributed by atoms with van der Waals surface area (Å²) < 4.78 is 22.4. The lowest BCUT2D eigenvalue weighted by molar-refractivity contribution is -0.105. The summed E-state index contributed by atoms with van der Waals surface area (Å²) in [5.74, 6) is 0.111.